The molecular formula is C16H11N3O2. The topological polar surface area (TPSA) is 106 Å². The van der Waals surface area contributed by atoms with Crippen LogP contribution in [0, 0.1) is 11.3 Å². The molecule has 102 valence electrons. The van der Waals surface area contributed by atoms with Crippen LogP contribution in [0.15, 0.2) is 46.9 Å². The third-order valence-electron chi connectivity index (χ3n) is 3.30. The lowest BCUT2D eigenvalue weighted by molar-refractivity contribution is 0.0977. The van der Waals surface area contributed by atoms with Crippen LogP contribution in [-0.2, 0) is 0 Å². The first-order valence-electron chi connectivity index (χ1n) is 6.22. The van der Waals surface area contributed by atoms with E-state index in [1.165, 1.54) is 0 Å². The van der Waals surface area contributed by atoms with E-state index in [0.29, 0.717) is 16.5 Å². The fourth-order valence-corrected chi connectivity index (χ4v) is 2.22. The number of benzene rings is 2. The molecule has 5 heteroatoms. The molecule has 5 nitrogen and oxygen atoms in total. The van der Waals surface area contributed by atoms with Crippen molar-refractivity contribution in [1.82, 2.24) is 0 Å². The number of nitrogens with two attached hydrogens (primary N) is 2. The average Bonchev–Trinajstić information content (AvgIpc) is 2.84. The predicted molar refractivity (Wildman–Crippen MR) is 79.3 cm³/mol. The fraction of sp³-hybridized carbons (Fsp3) is 0. The van der Waals surface area contributed by atoms with Crippen molar-refractivity contribution in [2.75, 3.05) is 5.73 Å². The summed E-state index contributed by atoms with van der Waals surface area (Å²) in [7, 11) is 0. The van der Waals surface area contributed by atoms with Crippen LogP contribution in [0.5, 0.6) is 0 Å². The van der Waals surface area contributed by atoms with Gasteiger partial charge in [0.2, 0.25) is 5.76 Å². The normalized spacial score (nSPS) is 10.4. The molecule has 0 atom stereocenters. The zero-order valence-electron chi connectivity index (χ0n) is 11.0. The van der Waals surface area contributed by atoms with Crippen molar-refractivity contribution in [2.24, 2.45) is 5.73 Å². The van der Waals surface area contributed by atoms with Crippen LogP contribution >= 0.6 is 0 Å². The van der Waals surface area contributed by atoms with Crippen molar-refractivity contribution in [2.45, 2.75) is 0 Å². The number of fused-ring (bicyclic) bond motifs is 1. The van der Waals surface area contributed by atoms with Gasteiger partial charge < -0.3 is 15.9 Å². The van der Waals surface area contributed by atoms with E-state index < -0.39 is 5.91 Å². The highest BCUT2D eigenvalue weighted by Gasteiger charge is 2.16. The summed E-state index contributed by atoms with van der Waals surface area (Å²) in [5.41, 5.74) is 14.2. The van der Waals surface area contributed by atoms with Gasteiger partial charge in [-0.25, -0.2) is 0 Å². The molecule has 0 aliphatic rings. The molecule has 0 fully saturated rings. The zero-order chi connectivity index (χ0) is 15.0. The average molecular weight is 277 g/mol. The Morgan fingerprint density at radius 1 is 1.10 bits per heavy atom. The van der Waals surface area contributed by atoms with Gasteiger partial charge in [-0.2, -0.15) is 5.26 Å². The van der Waals surface area contributed by atoms with E-state index >= 15 is 0 Å². The van der Waals surface area contributed by atoms with Crippen LogP contribution in [0.4, 0.5) is 5.69 Å². The molecule has 21 heavy (non-hydrogen) atoms. The first-order valence-corrected chi connectivity index (χ1v) is 6.22. The molecule has 0 bridgehead atoms. The van der Waals surface area contributed by atoms with Crippen LogP contribution in [0.25, 0.3) is 22.1 Å². The Kier molecular flexibility index (Phi) is 2.85. The molecule has 2 aromatic carbocycles. The van der Waals surface area contributed by atoms with Gasteiger partial charge in [-0.15, -0.1) is 0 Å². The number of primary amides is 1. The number of nitrogen functional groups attached to an aromatic ring is 1. The monoisotopic (exact) mass is 277 g/mol. The number of hydrogen-bond donors (Lipinski definition) is 2. The van der Waals surface area contributed by atoms with E-state index in [-0.39, 0.29) is 11.4 Å². The van der Waals surface area contributed by atoms with E-state index in [1.807, 2.05) is 18.2 Å². The van der Waals surface area contributed by atoms with E-state index in [4.69, 9.17) is 21.1 Å². The first-order chi connectivity index (χ1) is 10.1. The number of hydrogen-bond acceptors (Lipinski definition) is 4. The quantitative estimate of drug-likeness (QED) is 0.750. The highest BCUT2D eigenvalue weighted by molar-refractivity contribution is 6.05. The molecule has 3 aromatic rings. The van der Waals surface area contributed by atoms with Crippen LogP contribution in [0.2, 0.25) is 0 Å². The summed E-state index contributed by atoms with van der Waals surface area (Å²) in [4.78, 5) is 11.2. The van der Waals surface area contributed by atoms with Gasteiger partial charge in [0.15, 0.2) is 0 Å². The maximum absolute atomic E-state index is 11.2. The molecule has 0 radical (unpaired) electrons. The number of nitrogens with zero attached hydrogens (tertiary/aromatic N) is 1. The Bertz CT molecular complexity index is 886. The zero-order valence-corrected chi connectivity index (χ0v) is 11.0. The number of nitriles is 1. The number of rotatable bonds is 2. The van der Waals surface area contributed by atoms with Gasteiger partial charge in [-0.1, -0.05) is 18.2 Å². The third kappa shape index (κ3) is 2.09. The second-order valence-electron chi connectivity index (χ2n) is 4.61. The highest BCUT2D eigenvalue weighted by atomic mass is 16.3. The standard InChI is InChI=1S/C16H11N3O2/c17-8-9-1-3-10(4-2-9)11-5-6-12-13(7-11)21-15(14(12)18)16(19)20/h1-7H,18H2,(H2,19,20). The van der Waals surface area contributed by atoms with Gasteiger partial charge in [0.05, 0.1) is 17.3 Å². The van der Waals surface area contributed by atoms with Crippen LogP contribution in [-0.4, -0.2) is 5.91 Å². The van der Waals surface area contributed by atoms with Crippen molar-refractivity contribution in [1.29, 1.82) is 5.26 Å². The number of amides is 1. The van der Waals surface area contributed by atoms with E-state index in [0.717, 1.165) is 11.1 Å². The Labute approximate surface area is 120 Å². The van der Waals surface area contributed by atoms with Crippen molar-refractivity contribution in [3.63, 3.8) is 0 Å². The molecular weight excluding hydrogens is 266 g/mol. The summed E-state index contributed by atoms with van der Waals surface area (Å²) < 4.78 is 5.42. The van der Waals surface area contributed by atoms with Gasteiger partial charge >= 0.3 is 0 Å². The molecule has 0 saturated carbocycles. The Morgan fingerprint density at radius 2 is 1.76 bits per heavy atom. The van der Waals surface area contributed by atoms with Gasteiger partial charge in [0, 0.05) is 5.39 Å². The van der Waals surface area contributed by atoms with Gasteiger partial charge in [0.25, 0.3) is 5.91 Å². The van der Waals surface area contributed by atoms with Crippen molar-refractivity contribution in [3.05, 3.63) is 53.8 Å². The summed E-state index contributed by atoms with van der Waals surface area (Å²) in [6.07, 6.45) is 0. The summed E-state index contributed by atoms with van der Waals surface area (Å²) in [5.74, 6) is -0.717. The first kappa shape index (κ1) is 12.8. The highest BCUT2D eigenvalue weighted by Crippen LogP contribution is 2.31. The molecule has 0 aliphatic carbocycles. The Hall–Kier alpha value is -3.26. The largest absolute Gasteiger partial charge is 0.449 e. The minimum absolute atomic E-state index is 0.0259. The number of carbonyl (C=O) groups excluding carboxylic acids is 1. The number of anilines is 1. The maximum Gasteiger partial charge on any atom is 0.286 e. The predicted octanol–water partition coefficient (Wildman–Crippen LogP) is 2.65. The molecule has 1 amide bonds. The third-order valence-corrected chi connectivity index (χ3v) is 3.30. The van der Waals surface area contributed by atoms with Crippen molar-refractivity contribution in [3.8, 4) is 17.2 Å². The smallest absolute Gasteiger partial charge is 0.286 e. The number of furan rings is 1. The van der Waals surface area contributed by atoms with Crippen LogP contribution in [0.1, 0.15) is 16.1 Å². The lowest BCUT2D eigenvalue weighted by atomic mass is 10.0. The second-order valence-corrected chi connectivity index (χ2v) is 4.61. The molecule has 0 spiro atoms. The van der Waals surface area contributed by atoms with Crippen LogP contribution in [0.3, 0.4) is 0 Å². The summed E-state index contributed by atoms with van der Waals surface area (Å²) in [6, 6.07) is 14.7. The van der Waals surface area contributed by atoms with Gasteiger partial charge in [0.1, 0.15) is 5.58 Å². The molecule has 0 unspecified atom stereocenters. The SMILES string of the molecule is N#Cc1ccc(-c2ccc3c(N)c(C(N)=O)oc3c2)cc1. The lowest BCUT2D eigenvalue weighted by Crippen LogP contribution is -2.11. The Morgan fingerprint density at radius 3 is 2.38 bits per heavy atom. The summed E-state index contributed by atoms with van der Waals surface area (Å²) in [6.45, 7) is 0. The molecule has 0 saturated heterocycles. The maximum atomic E-state index is 11.2. The second kappa shape index (κ2) is 4.69. The fourth-order valence-electron chi connectivity index (χ4n) is 2.22. The van der Waals surface area contributed by atoms with E-state index in [1.54, 1.807) is 24.3 Å². The number of carbonyl (C=O) groups is 1. The minimum atomic E-state index is -0.691. The van der Waals surface area contributed by atoms with Gasteiger partial charge in [-0.3, -0.25) is 4.79 Å². The summed E-state index contributed by atoms with van der Waals surface area (Å²) in [5, 5.41) is 9.46. The molecule has 3 rings (SSSR count). The minimum Gasteiger partial charge on any atom is -0.449 e. The molecule has 4 N–H and O–H groups in total. The molecule has 1 aromatic heterocycles. The molecule has 1 heterocycles. The Balaban J connectivity index is 2.12. The van der Waals surface area contributed by atoms with E-state index in [2.05, 4.69) is 6.07 Å². The lowest BCUT2D eigenvalue weighted by Gasteiger charge is -2.01. The van der Waals surface area contributed by atoms with Crippen molar-refractivity contribution < 1.29 is 9.21 Å². The van der Waals surface area contributed by atoms with Crippen molar-refractivity contribution >= 4 is 22.6 Å². The van der Waals surface area contributed by atoms with Crippen LogP contribution < -0.4 is 11.5 Å². The van der Waals surface area contributed by atoms with E-state index in [9.17, 15) is 4.79 Å². The molecule has 0 aliphatic heterocycles. The van der Waals surface area contributed by atoms with Gasteiger partial charge in [-0.05, 0) is 35.4 Å². The summed E-state index contributed by atoms with van der Waals surface area (Å²) >= 11 is 0.